The van der Waals surface area contributed by atoms with E-state index < -0.39 is 23.9 Å². The molecule has 0 amide bonds. The van der Waals surface area contributed by atoms with Crippen molar-refractivity contribution in [2.45, 2.75) is 19.4 Å². The summed E-state index contributed by atoms with van der Waals surface area (Å²) in [7, 11) is 0. The van der Waals surface area contributed by atoms with Gasteiger partial charge in [0.2, 0.25) is 0 Å². The summed E-state index contributed by atoms with van der Waals surface area (Å²) in [5.74, 6) is -5.03. The highest BCUT2D eigenvalue weighted by atomic mass is 35.5. The Morgan fingerprint density at radius 3 is 1.89 bits per heavy atom. The average molecular weight is 567 g/mol. The van der Waals surface area contributed by atoms with E-state index in [9.17, 15) is 19.2 Å². The predicted octanol–water partition coefficient (Wildman–Crippen LogP) is 3.57. The summed E-state index contributed by atoms with van der Waals surface area (Å²) in [4.78, 5) is 42.4. The number of nitrogens with two attached hydrogens (primary N) is 1. The Kier molecular flexibility index (Phi) is 13.8. The highest BCUT2D eigenvalue weighted by molar-refractivity contribution is 6.36. The van der Waals surface area contributed by atoms with Gasteiger partial charge in [-0.15, -0.1) is 0 Å². The molecule has 6 N–H and O–H groups in total. The van der Waals surface area contributed by atoms with E-state index in [4.69, 9.17) is 54.5 Å². The van der Waals surface area contributed by atoms with E-state index in [1.54, 1.807) is 12.3 Å². The predicted molar refractivity (Wildman–Crippen MR) is 140 cm³/mol. The zero-order valence-electron chi connectivity index (χ0n) is 19.7. The second kappa shape index (κ2) is 16.5. The molecule has 0 unspecified atom stereocenters. The molecule has 0 saturated heterocycles. The topological polar surface area (TPSA) is 206 Å². The summed E-state index contributed by atoms with van der Waals surface area (Å²) in [6, 6.07) is 7.41. The molecule has 0 atom stereocenters. The van der Waals surface area contributed by atoms with Gasteiger partial charge in [-0.2, -0.15) is 5.10 Å². The molecule has 0 bridgehead atoms. The van der Waals surface area contributed by atoms with Crippen LogP contribution in [-0.4, -0.2) is 65.6 Å². The number of aromatic nitrogens is 3. The van der Waals surface area contributed by atoms with Crippen LogP contribution in [0, 0.1) is 0 Å². The van der Waals surface area contributed by atoms with Gasteiger partial charge in [-0.05, 0) is 43.7 Å². The Hall–Kier alpha value is -4.26. The van der Waals surface area contributed by atoms with Crippen molar-refractivity contribution < 1.29 is 39.6 Å². The van der Waals surface area contributed by atoms with E-state index in [1.165, 1.54) is 0 Å². The summed E-state index contributed by atoms with van der Waals surface area (Å²) in [5.41, 5.74) is 8.31. The fourth-order valence-electron chi connectivity index (χ4n) is 2.77. The third-order valence-corrected chi connectivity index (χ3v) is 4.85. The number of carboxylic acid groups (broad SMARTS) is 4. The van der Waals surface area contributed by atoms with Gasteiger partial charge in [0.1, 0.15) is 5.69 Å². The summed E-state index contributed by atoms with van der Waals surface area (Å²) in [6.07, 6.45) is 7.79. The quantitative estimate of drug-likeness (QED) is 0.187. The Morgan fingerprint density at radius 2 is 1.42 bits per heavy atom. The van der Waals surface area contributed by atoms with Crippen molar-refractivity contribution in [1.82, 2.24) is 14.8 Å². The number of nitrogens with zero attached hydrogens (tertiary/aromatic N) is 3. The minimum atomic E-state index is -1.26. The molecule has 1 aromatic carbocycles. The van der Waals surface area contributed by atoms with Gasteiger partial charge in [0.15, 0.2) is 0 Å². The zero-order chi connectivity index (χ0) is 28.7. The van der Waals surface area contributed by atoms with Crippen LogP contribution in [0.4, 0.5) is 0 Å². The third-order valence-electron chi connectivity index (χ3n) is 4.30. The normalized spacial score (nSPS) is 10.5. The fourth-order valence-corrected chi connectivity index (χ4v) is 3.26. The smallest absolute Gasteiger partial charge is 0.328 e. The highest BCUT2D eigenvalue weighted by Crippen LogP contribution is 2.34. The zero-order valence-corrected chi connectivity index (χ0v) is 21.2. The van der Waals surface area contributed by atoms with Gasteiger partial charge in [0, 0.05) is 59.2 Å². The van der Waals surface area contributed by atoms with Crippen molar-refractivity contribution in [3.63, 3.8) is 0 Å². The van der Waals surface area contributed by atoms with Crippen LogP contribution >= 0.6 is 23.2 Å². The summed E-state index contributed by atoms with van der Waals surface area (Å²) >= 11 is 12.3. The summed E-state index contributed by atoms with van der Waals surface area (Å²) in [6.45, 7) is 1.51. The van der Waals surface area contributed by atoms with Crippen LogP contribution in [0.5, 0.6) is 0 Å². The molecule has 14 heteroatoms. The third kappa shape index (κ3) is 11.6. The molecule has 2 heterocycles. The maximum Gasteiger partial charge on any atom is 0.328 e. The Labute approximate surface area is 226 Å². The number of aliphatic carboxylic acids is 4. The largest absolute Gasteiger partial charge is 0.478 e. The number of unbranched alkanes of at least 4 members (excludes halogenated alkanes) is 1. The van der Waals surface area contributed by atoms with Gasteiger partial charge in [-0.1, -0.05) is 23.2 Å². The maximum atomic E-state index is 9.55. The number of halogens is 2. The van der Waals surface area contributed by atoms with E-state index in [0.717, 1.165) is 41.5 Å². The first-order valence-corrected chi connectivity index (χ1v) is 11.5. The molecule has 0 saturated carbocycles. The molecular formula is C24H24Cl2N4O8. The van der Waals surface area contributed by atoms with Crippen molar-refractivity contribution >= 4 is 58.0 Å². The molecule has 0 fully saturated rings. The van der Waals surface area contributed by atoms with Crippen molar-refractivity contribution in [2.24, 2.45) is 5.73 Å². The van der Waals surface area contributed by atoms with E-state index in [-0.39, 0.29) is 0 Å². The van der Waals surface area contributed by atoms with Crippen molar-refractivity contribution in [1.29, 1.82) is 0 Å². The van der Waals surface area contributed by atoms with E-state index in [2.05, 4.69) is 4.98 Å². The van der Waals surface area contributed by atoms with Crippen LogP contribution < -0.4 is 5.73 Å². The lowest BCUT2D eigenvalue weighted by Crippen LogP contribution is -2.04. The molecule has 0 aliphatic carbocycles. The Morgan fingerprint density at radius 1 is 0.868 bits per heavy atom. The molecular weight excluding hydrogens is 543 g/mol. The molecule has 38 heavy (non-hydrogen) atoms. The number of pyridine rings is 1. The Bertz CT molecular complexity index is 1270. The van der Waals surface area contributed by atoms with Gasteiger partial charge >= 0.3 is 23.9 Å². The molecule has 0 radical (unpaired) electrons. The lowest BCUT2D eigenvalue weighted by molar-refractivity contribution is -0.134. The van der Waals surface area contributed by atoms with E-state index in [1.807, 2.05) is 29.1 Å². The van der Waals surface area contributed by atoms with Gasteiger partial charge in [0.05, 0.1) is 10.5 Å². The summed E-state index contributed by atoms with van der Waals surface area (Å²) in [5, 5.41) is 38.2. The minimum Gasteiger partial charge on any atom is -0.478 e. The van der Waals surface area contributed by atoms with Crippen LogP contribution in [0.25, 0.3) is 22.2 Å². The fraction of sp³-hybridized carbons (Fsp3) is 0.167. The van der Waals surface area contributed by atoms with Crippen LogP contribution in [-0.2, 0) is 25.7 Å². The standard InChI is InChI=1S/C16H16Cl2N4.2C4H4O4/c17-11-3-4-12(14(18)9-11)16-13-10-20-7-5-15(13)22(21-16)8-2-1-6-19;2*5-3(6)1-2-4(7)8/h3-5,7,9-10H,1-2,6,8,19H2;2*1-2H,(H,5,6)(H,7,8)/b;2*2-1-. The molecule has 3 aromatic rings. The molecule has 12 nitrogen and oxygen atoms in total. The monoisotopic (exact) mass is 566 g/mol. The van der Waals surface area contributed by atoms with Crippen LogP contribution in [0.3, 0.4) is 0 Å². The lowest BCUT2D eigenvalue weighted by Gasteiger charge is -2.03. The van der Waals surface area contributed by atoms with Gasteiger partial charge < -0.3 is 26.2 Å². The number of aryl methyl sites for hydroxylation is 1. The molecule has 0 aliphatic rings. The minimum absolute atomic E-state index is 0.558. The number of fused-ring (bicyclic) bond motifs is 1. The van der Waals surface area contributed by atoms with Crippen LogP contribution in [0.1, 0.15) is 12.8 Å². The second-order valence-corrected chi connectivity index (χ2v) is 7.95. The number of carboxylic acids is 4. The van der Waals surface area contributed by atoms with Crippen molar-refractivity contribution in [3.05, 3.63) is 71.0 Å². The number of carbonyl (C=O) groups is 4. The first-order chi connectivity index (χ1) is 18.0. The Balaban J connectivity index is 0.000000374. The molecule has 202 valence electrons. The number of benzene rings is 1. The number of rotatable bonds is 9. The first-order valence-electron chi connectivity index (χ1n) is 10.7. The lowest BCUT2D eigenvalue weighted by atomic mass is 10.1. The second-order valence-electron chi connectivity index (χ2n) is 7.10. The number of hydrogen-bond acceptors (Lipinski definition) is 7. The highest BCUT2D eigenvalue weighted by Gasteiger charge is 2.15. The molecule has 0 aliphatic heterocycles. The van der Waals surface area contributed by atoms with E-state index in [0.29, 0.717) is 40.9 Å². The van der Waals surface area contributed by atoms with Crippen molar-refractivity contribution in [3.8, 4) is 11.3 Å². The number of hydrogen-bond donors (Lipinski definition) is 5. The molecule has 0 spiro atoms. The average Bonchev–Trinajstić information content (AvgIpc) is 3.21. The van der Waals surface area contributed by atoms with E-state index >= 15 is 0 Å². The maximum absolute atomic E-state index is 9.55. The van der Waals surface area contributed by atoms with Gasteiger partial charge in [-0.25, -0.2) is 19.2 Å². The first kappa shape index (κ1) is 31.8. The van der Waals surface area contributed by atoms with Crippen molar-refractivity contribution in [2.75, 3.05) is 6.54 Å². The molecule has 2 aromatic heterocycles. The van der Waals surface area contributed by atoms with Crippen LogP contribution in [0.15, 0.2) is 61.0 Å². The summed E-state index contributed by atoms with van der Waals surface area (Å²) < 4.78 is 1.99. The van der Waals surface area contributed by atoms with Gasteiger partial charge in [-0.3, -0.25) is 9.67 Å². The van der Waals surface area contributed by atoms with Gasteiger partial charge in [0.25, 0.3) is 0 Å². The SMILES string of the molecule is NCCCCn1nc(-c2ccc(Cl)cc2Cl)c2cnccc21.O=C(O)/C=C\C(=O)O.O=C(O)/C=C\C(=O)O. The van der Waals surface area contributed by atoms with Crippen LogP contribution in [0.2, 0.25) is 10.0 Å². The molecule has 3 rings (SSSR count).